The smallest absolute Gasteiger partial charge is 0.343 e. The highest BCUT2D eigenvalue weighted by atomic mass is 16.6. The number of hydrogen-bond donors (Lipinski definition) is 0. The number of benzene rings is 7. The van der Waals surface area contributed by atoms with Gasteiger partial charge in [0.15, 0.2) is 0 Å². The number of carbonyl (C=O) groups excluding carboxylic acids is 3. The number of rotatable bonds is 32. The van der Waals surface area contributed by atoms with Gasteiger partial charge >= 0.3 is 17.9 Å². The fourth-order valence-corrected chi connectivity index (χ4v) is 8.24. The van der Waals surface area contributed by atoms with Crippen molar-refractivity contribution in [3.8, 4) is 45.9 Å². The highest BCUT2D eigenvalue weighted by Gasteiger charge is 2.21. The van der Waals surface area contributed by atoms with E-state index in [9.17, 15) is 14.4 Å². The molecule has 7 aromatic rings. The molecule has 392 valence electrons. The lowest BCUT2D eigenvalue weighted by molar-refractivity contribution is 0.0490. The Labute approximate surface area is 445 Å². The lowest BCUT2D eigenvalue weighted by Gasteiger charge is -2.13. The summed E-state index contributed by atoms with van der Waals surface area (Å²) in [5.41, 5.74) is 3.29. The normalized spacial score (nSPS) is 10.9. The summed E-state index contributed by atoms with van der Waals surface area (Å²) in [6.07, 6.45) is 12.7. The van der Waals surface area contributed by atoms with Gasteiger partial charge in [-0.3, -0.25) is 0 Å². The van der Waals surface area contributed by atoms with Crippen LogP contribution in [0.5, 0.6) is 28.7 Å². The van der Waals surface area contributed by atoms with Crippen molar-refractivity contribution in [3.63, 3.8) is 0 Å². The van der Waals surface area contributed by atoms with Gasteiger partial charge in [0.25, 0.3) is 0 Å². The number of fused-ring (bicyclic) bond motifs is 2. The minimum Gasteiger partial charge on any atom is -0.494 e. The summed E-state index contributed by atoms with van der Waals surface area (Å²) in [7, 11) is 0. The standard InChI is InChI=1S/C64H65NO11/c1-3-33-69-35-13-39-72-57-29-25-50-41-54(21-19-52(50)43-57)62(66)75-59-31-32-61(76-63(67)55-22-20-53-44-58(30-26-51(53)42-55)73-40-14-36-70-34-4-2)60(45-59)64(68)74-38-12-10-8-6-5-7-9-11-37-71-56-27-23-49(24-28-56)48-17-15-47(46-65)16-18-48/h3-4,15-32,41-45H,1-2,5-14,33-40H2. The molecule has 7 aromatic carbocycles. The molecule has 0 saturated carbocycles. The molecular weight excluding hydrogens is 959 g/mol. The Balaban J connectivity index is 0.899. The quantitative estimate of drug-likeness (QED) is 0.0171. The fraction of sp³-hybridized carbons (Fsp3) is 0.281. The Morgan fingerprint density at radius 1 is 0.421 bits per heavy atom. The largest absolute Gasteiger partial charge is 0.494 e. The van der Waals surface area contributed by atoms with Crippen LogP contribution in [0, 0.1) is 11.3 Å². The monoisotopic (exact) mass is 1020 g/mol. The summed E-state index contributed by atoms with van der Waals surface area (Å²) in [5.74, 6) is 0.255. The van der Waals surface area contributed by atoms with E-state index in [1.54, 1.807) is 36.4 Å². The number of carbonyl (C=O) groups is 3. The van der Waals surface area contributed by atoms with Crippen LogP contribution in [0.1, 0.15) is 101 Å². The van der Waals surface area contributed by atoms with Crippen LogP contribution in [-0.2, 0) is 14.2 Å². The third-order valence-corrected chi connectivity index (χ3v) is 12.3. The van der Waals surface area contributed by atoms with Crippen LogP contribution >= 0.6 is 0 Å². The predicted molar refractivity (Wildman–Crippen MR) is 296 cm³/mol. The molecule has 0 spiro atoms. The van der Waals surface area contributed by atoms with Crippen molar-refractivity contribution < 1.29 is 52.3 Å². The summed E-state index contributed by atoms with van der Waals surface area (Å²) in [6, 6.07) is 43.6. The van der Waals surface area contributed by atoms with Gasteiger partial charge in [-0.05, 0) is 137 Å². The number of nitriles is 1. The van der Waals surface area contributed by atoms with Gasteiger partial charge in [-0.1, -0.05) is 99.2 Å². The molecule has 0 fully saturated rings. The molecule has 0 unspecified atom stereocenters. The average molecular weight is 1020 g/mol. The first kappa shape index (κ1) is 55.5. The highest BCUT2D eigenvalue weighted by molar-refractivity contribution is 6.00. The number of nitrogens with zero attached hydrogens (tertiary/aromatic N) is 1. The van der Waals surface area contributed by atoms with Crippen molar-refractivity contribution in [1.82, 2.24) is 0 Å². The second-order valence-corrected chi connectivity index (χ2v) is 18.0. The van der Waals surface area contributed by atoms with E-state index in [0.717, 1.165) is 96.2 Å². The zero-order valence-corrected chi connectivity index (χ0v) is 43.0. The Morgan fingerprint density at radius 2 is 0.868 bits per heavy atom. The van der Waals surface area contributed by atoms with E-state index in [0.29, 0.717) is 75.3 Å². The molecule has 0 radical (unpaired) electrons. The molecule has 0 atom stereocenters. The average Bonchev–Trinajstić information content (AvgIpc) is 3.45. The lowest BCUT2D eigenvalue weighted by Crippen LogP contribution is -2.14. The minimum atomic E-state index is -0.712. The van der Waals surface area contributed by atoms with Crippen LogP contribution in [0.25, 0.3) is 32.7 Å². The van der Waals surface area contributed by atoms with E-state index in [1.807, 2.05) is 97.1 Å². The van der Waals surface area contributed by atoms with E-state index in [1.165, 1.54) is 18.2 Å². The van der Waals surface area contributed by atoms with Gasteiger partial charge in [0.2, 0.25) is 0 Å². The molecule has 12 heteroatoms. The first-order valence-corrected chi connectivity index (χ1v) is 26.0. The van der Waals surface area contributed by atoms with Gasteiger partial charge in [0.05, 0.1) is 75.6 Å². The first-order chi connectivity index (χ1) is 37.3. The zero-order chi connectivity index (χ0) is 53.2. The SMILES string of the molecule is C=CCOCCCOc1ccc2cc(C(=O)Oc3ccc(OC(=O)c4ccc5cc(OCCCOCC=C)ccc5c4)c(C(=O)OCCCCCCCCCCOc4ccc(-c5ccc(C#N)cc5)cc4)c3)ccc2c1. The molecule has 0 aromatic heterocycles. The Morgan fingerprint density at radius 3 is 1.42 bits per heavy atom. The third-order valence-electron chi connectivity index (χ3n) is 12.3. The van der Waals surface area contributed by atoms with Crippen molar-refractivity contribution in [2.75, 3.05) is 52.9 Å². The van der Waals surface area contributed by atoms with Crippen LogP contribution in [0.3, 0.4) is 0 Å². The van der Waals surface area contributed by atoms with Crippen LogP contribution in [-0.4, -0.2) is 70.8 Å². The Bertz CT molecular complexity index is 3070. The number of esters is 3. The molecular formula is C64H65NO11. The number of unbranched alkanes of at least 4 members (excludes halogenated alkanes) is 7. The van der Waals surface area contributed by atoms with E-state index < -0.39 is 17.9 Å². The van der Waals surface area contributed by atoms with E-state index in [4.69, 9.17) is 43.2 Å². The molecule has 76 heavy (non-hydrogen) atoms. The first-order valence-electron chi connectivity index (χ1n) is 26.0. The van der Waals surface area contributed by atoms with Crippen LogP contribution < -0.4 is 23.7 Å². The van der Waals surface area contributed by atoms with Crippen LogP contribution in [0.2, 0.25) is 0 Å². The fourth-order valence-electron chi connectivity index (χ4n) is 8.24. The van der Waals surface area contributed by atoms with E-state index in [-0.39, 0.29) is 29.2 Å². The van der Waals surface area contributed by atoms with Gasteiger partial charge in [-0.25, -0.2) is 14.4 Å². The Hall–Kier alpha value is -8.24. The summed E-state index contributed by atoms with van der Waals surface area (Å²) in [4.78, 5) is 41.0. The van der Waals surface area contributed by atoms with Gasteiger partial charge in [0, 0.05) is 12.8 Å². The molecule has 0 aliphatic rings. The molecule has 0 saturated heterocycles. The van der Waals surface area contributed by atoms with Crippen LogP contribution in [0.15, 0.2) is 165 Å². The lowest BCUT2D eigenvalue weighted by atomic mass is 10.0. The summed E-state index contributed by atoms with van der Waals surface area (Å²) in [6.45, 7) is 11.2. The molecule has 12 nitrogen and oxygen atoms in total. The predicted octanol–water partition coefficient (Wildman–Crippen LogP) is 14.3. The maximum absolute atomic E-state index is 13.8. The maximum atomic E-state index is 13.8. The van der Waals surface area contributed by atoms with Gasteiger partial charge < -0.3 is 37.9 Å². The van der Waals surface area contributed by atoms with E-state index >= 15 is 0 Å². The summed E-state index contributed by atoms with van der Waals surface area (Å²) in [5, 5.41) is 12.4. The van der Waals surface area contributed by atoms with Crippen molar-refractivity contribution in [2.45, 2.75) is 64.2 Å². The van der Waals surface area contributed by atoms with Gasteiger partial charge in [-0.2, -0.15) is 5.26 Å². The molecule has 0 amide bonds. The zero-order valence-electron chi connectivity index (χ0n) is 43.0. The van der Waals surface area contributed by atoms with Crippen LogP contribution in [0.4, 0.5) is 0 Å². The van der Waals surface area contributed by atoms with Crippen molar-refractivity contribution in [3.05, 3.63) is 187 Å². The molecule has 0 aliphatic heterocycles. The number of hydrogen-bond acceptors (Lipinski definition) is 12. The third kappa shape index (κ3) is 17.4. The van der Waals surface area contributed by atoms with E-state index in [2.05, 4.69) is 19.2 Å². The highest BCUT2D eigenvalue weighted by Crippen LogP contribution is 2.30. The Kier molecular flexibility index (Phi) is 22.1. The topological polar surface area (TPSA) is 149 Å². The second-order valence-electron chi connectivity index (χ2n) is 18.0. The summed E-state index contributed by atoms with van der Waals surface area (Å²) >= 11 is 0. The minimum absolute atomic E-state index is 0.0354. The molecule has 0 heterocycles. The second kappa shape index (κ2) is 30.2. The van der Waals surface area contributed by atoms with Gasteiger partial charge in [-0.15, -0.1) is 13.2 Å². The summed E-state index contributed by atoms with van der Waals surface area (Å²) < 4.78 is 46.0. The van der Waals surface area contributed by atoms with Gasteiger partial charge in [0.1, 0.15) is 34.3 Å². The number of ether oxygens (including phenoxy) is 8. The van der Waals surface area contributed by atoms with Crippen molar-refractivity contribution >= 4 is 39.5 Å². The molecule has 7 rings (SSSR count). The van der Waals surface area contributed by atoms with Crippen molar-refractivity contribution in [2.24, 2.45) is 0 Å². The molecule has 0 N–H and O–H groups in total. The molecule has 0 bridgehead atoms. The maximum Gasteiger partial charge on any atom is 0.343 e. The van der Waals surface area contributed by atoms with Crippen molar-refractivity contribution in [1.29, 1.82) is 5.26 Å². The molecule has 0 aliphatic carbocycles.